The lowest BCUT2D eigenvalue weighted by atomic mass is 10.3. The minimum atomic E-state index is -1.93. The van der Waals surface area contributed by atoms with Gasteiger partial charge in [0, 0.05) is 12.1 Å². The van der Waals surface area contributed by atoms with Crippen molar-refractivity contribution in [2.24, 2.45) is 0 Å². The van der Waals surface area contributed by atoms with Crippen molar-refractivity contribution in [3.05, 3.63) is 22.5 Å². The molecule has 14 heavy (non-hydrogen) atoms. The van der Waals surface area contributed by atoms with Gasteiger partial charge in [-0.15, -0.1) is 5.10 Å². The maximum atomic E-state index is 11.2. The summed E-state index contributed by atoms with van der Waals surface area (Å²) < 4.78 is 5.69. The SMILES string of the molecule is CC(C)n1nc(OB(O)O)ccc1=O. The minimum absolute atomic E-state index is 0.00620. The van der Waals surface area contributed by atoms with Gasteiger partial charge in [-0.25, -0.2) is 4.68 Å². The summed E-state index contributed by atoms with van der Waals surface area (Å²) >= 11 is 0. The van der Waals surface area contributed by atoms with Crippen molar-refractivity contribution in [2.45, 2.75) is 19.9 Å². The molecule has 2 N–H and O–H groups in total. The monoisotopic (exact) mass is 198 g/mol. The first kappa shape index (κ1) is 10.7. The Bertz CT molecular complexity index is 363. The first-order valence-corrected chi connectivity index (χ1v) is 4.13. The first-order chi connectivity index (χ1) is 6.50. The average Bonchev–Trinajstić information content (AvgIpc) is 2.07. The largest absolute Gasteiger partial charge is 0.708 e. The van der Waals surface area contributed by atoms with Crippen molar-refractivity contribution in [1.29, 1.82) is 0 Å². The van der Waals surface area contributed by atoms with Crippen molar-refractivity contribution in [2.75, 3.05) is 0 Å². The van der Waals surface area contributed by atoms with Crippen LogP contribution < -0.4 is 10.2 Å². The maximum absolute atomic E-state index is 11.2. The van der Waals surface area contributed by atoms with E-state index in [0.29, 0.717) is 0 Å². The highest BCUT2D eigenvalue weighted by molar-refractivity contribution is 6.33. The van der Waals surface area contributed by atoms with Gasteiger partial charge in [0.25, 0.3) is 5.56 Å². The van der Waals surface area contributed by atoms with Gasteiger partial charge in [0.2, 0.25) is 5.88 Å². The standard InChI is InChI=1S/C7H11BN2O4/c1-5(2)10-7(11)4-3-6(9-10)14-8(12)13/h3-5,12-13H,1-2H3. The smallest absolute Gasteiger partial charge is 0.497 e. The normalized spacial score (nSPS) is 10.4. The molecule has 76 valence electrons. The molecular formula is C7H11BN2O4. The Balaban J connectivity index is 3.01. The molecule has 1 rings (SSSR count). The topological polar surface area (TPSA) is 84.6 Å². The van der Waals surface area contributed by atoms with Gasteiger partial charge in [-0.05, 0) is 13.8 Å². The number of rotatable bonds is 3. The van der Waals surface area contributed by atoms with Crippen LogP contribution in [0, 0.1) is 0 Å². The van der Waals surface area contributed by atoms with E-state index in [2.05, 4.69) is 9.75 Å². The molecule has 1 aromatic heterocycles. The van der Waals surface area contributed by atoms with Crippen LogP contribution in [0.1, 0.15) is 19.9 Å². The van der Waals surface area contributed by atoms with Crippen molar-refractivity contribution in [1.82, 2.24) is 9.78 Å². The summed E-state index contributed by atoms with van der Waals surface area (Å²) in [6, 6.07) is 2.42. The zero-order chi connectivity index (χ0) is 10.7. The van der Waals surface area contributed by atoms with Crippen LogP contribution in [0.2, 0.25) is 0 Å². The third kappa shape index (κ3) is 2.58. The predicted octanol–water partition coefficient (Wildman–Crippen LogP) is -0.827. The fourth-order valence-electron chi connectivity index (χ4n) is 0.949. The van der Waals surface area contributed by atoms with E-state index in [0.717, 1.165) is 0 Å². The zero-order valence-corrected chi connectivity index (χ0v) is 7.91. The second-order valence-electron chi connectivity index (χ2n) is 2.99. The molecule has 0 aliphatic heterocycles. The summed E-state index contributed by atoms with van der Waals surface area (Å²) in [5.74, 6) is -0.00620. The Hall–Kier alpha value is -1.34. The Kier molecular flexibility index (Phi) is 3.26. The van der Waals surface area contributed by atoms with Crippen LogP contribution in [0.15, 0.2) is 16.9 Å². The van der Waals surface area contributed by atoms with Crippen LogP contribution in [0.3, 0.4) is 0 Å². The highest BCUT2D eigenvalue weighted by Gasteiger charge is 2.13. The second kappa shape index (κ2) is 4.25. The van der Waals surface area contributed by atoms with Crippen molar-refractivity contribution in [3.8, 4) is 5.88 Å². The van der Waals surface area contributed by atoms with Gasteiger partial charge >= 0.3 is 7.32 Å². The molecule has 1 aromatic rings. The molecular weight excluding hydrogens is 187 g/mol. The Morgan fingerprint density at radius 3 is 2.64 bits per heavy atom. The molecule has 0 unspecified atom stereocenters. The van der Waals surface area contributed by atoms with Gasteiger partial charge < -0.3 is 14.7 Å². The summed E-state index contributed by atoms with van der Waals surface area (Å²) in [6.45, 7) is 3.57. The highest BCUT2D eigenvalue weighted by atomic mass is 16.6. The second-order valence-corrected chi connectivity index (χ2v) is 2.99. The molecule has 0 saturated carbocycles. The lowest BCUT2D eigenvalue weighted by Gasteiger charge is -2.09. The third-order valence-corrected chi connectivity index (χ3v) is 1.52. The summed E-state index contributed by atoms with van der Waals surface area (Å²) in [7, 11) is -1.93. The van der Waals surface area contributed by atoms with E-state index in [-0.39, 0.29) is 17.5 Å². The molecule has 0 aromatic carbocycles. The van der Waals surface area contributed by atoms with E-state index in [9.17, 15) is 4.79 Å². The molecule has 0 bridgehead atoms. The molecule has 6 nitrogen and oxygen atoms in total. The highest BCUT2D eigenvalue weighted by Crippen LogP contribution is 2.05. The molecule has 0 atom stereocenters. The van der Waals surface area contributed by atoms with Gasteiger partial charge in [0.15, 0.2) is 0 Å². The fourth-order valence-corrected chi connectivity index (χ4v) is 0.949. The minimum Gasteiger partial charge on any atom is -0.497 e. The summed E-state index contributed by atoms with van der Waals surface area (Å²) in [4.78, 5) is 11.2. The van der Waals surface area contributed by atoms with Crippen LogP contribution in [-0.2, 0) is 0 Å². The van der Waals surface area contributed by atoms with Crippen molar-refractivity contribution < 1.29 is 14.7 Å². The van der Waals surface area contributed by atoms with Crippen LogP contribution in [0.25, 0.3) is 0 Å². The summed E-state index contributed by atoms with van der Waals surface area (Å²) in [5.41, 5.74) is -0.264. The quantitative estimate of drug-likeness (QED) is 0.619. The Morgan fingerprint density at radius 1 is 1.50 bits per heavy atom. The van der Waals surface area contributed by atoms with E-state index in [1.807, 2.05) is 0 Å². The molecule has 7 heteroatoms. The molecule has 0 radical (unpaired) electrons. The van der Waals surface area contributed by atoms with Gasteiger partial charge in [0.05, 0.1) is 6.04 Å². The van der Waals surface area contributed by atoms with Crippen LogP contribution in [0.5, 0.6) is 5.88 Å². The summed E-state index contributed by atoms with van der Waals surface area (Å²) in [5, 5.41) is 20.8. The number of nitrogens with zero attached hydrogens (tertiary/aromatic N) is 2. The van der Waals surface area contributed by atoms with Crippen LogP contribution in [0.4, 0.5) is 0 Å². The van der Waals surface area contributed by atoms with E-state index in [1.165, 1.54) is 16.8 Å². The zero-order valence-electron chi connectivity index (χ0n) is 7.91. The molecule has 0 aliphatic carbocycles. The maximum Gasteiger partial charge on any atom is 0.708 e. The Labute approximate surface area is 80.9 Å². The molecule has 0 amide bonds. The van der Waals surface area contributed by atoms with Crippen molar-refractivity contribution in [3.63, 3.8) is 0 Å². The van der Waals surface area contributed by atoms with Gasteiger partial charge in [-0.3, -0.25) is 4.79 Å². The van der Waals surface area contributed by atoms with Crippen molar-refractivity contribution >= 4 is 7.32 Å². The van der Waals surface area contributed by atoms with E-state index in [4.69, 9.17) is 10.0 Å². The van der Waals surface area contributed by atoms with E-state index >= 15 is 0 Å². The van der Waals surface area contributed by atoms with Crippen LogP contribution in [-0.4, -0.2) is 27.1 Å². The predicted molar refractivity (Wildman–Crippen MR) is 49.7 cm³/mol. The van der Waals surface area contributed by atoms with Gasteiger partial charge in [-0.1, -0.05) is 0 Å². The molecule has 0 saturated heterocycles. The molecule has 1 heterocycles. The third-order valence-electron chi connectivity index (χ3n) is 1.52. The molecule has 0 fully saturated rings. The average molecular weight is 198 g/mol. The fraction of sp³-hybridized carbons (Fsp3) is 0.429. The first-order valence-electron chi connectivity index (χ1n) is 4.13. The molecule has 0 aliphatic rings. The van der Waals surface area contributed by atoms with E-state index in [1.54, 1.807) is 13.8 Å². The number of hydrogen-bond donors (Lipinski definition) is 2. The summed E-state index contributed by atoms with van der Waals surface area (Å²) in [6.07, 6.45) is 0. The lowest BCUT2D eigenvalue weighted by Crippen LogP contribution is -2.27. The number of hydrogen-bond acceptors (Lipinski definition) is 5. The Morgan fingerprint density at radius 2 is 2.14 bits per heavy atom. The van der Waals surface area contributed by atoms with Crippen LogP contribution >= 0.6 is 0 Å². The lowest BCUT2D eigenvalue weighted by molar-refractivity contribution is 0.277. The van der Waals surface area contributed by atoms with Gasteiger partial charge in [0.1, 0.15) is 0 Å². The van der Waals surface area contributed by atoms with E-state index < -0.39 is 7.32 Å². The number of aromatic nitrogens is 2. The molecule has 0 spiro atoms. The van der Waals surface area contributed by atoms with Gasteiger partial charge in [-0.2, -0.15) is 0 Å².